The van der Waals surface area contributed by atoms with Crippen molar-refractivity contribution < 1.29 is 9.59 Å². The highest BCUT2D eigenvalue weighted by Crippen LogP contribution is 1.77. The zero-order chi connectivity index (χ0) is 8.15. The van der Waals surface area contributed by atoms with Gasteiger partial charge in [-0.05, 0) is 14.0 Å². The molecule has 2 amide bonds. The lowest BCUT2D eigenvalue weighted by Crippen LogP contribution is -2.42. The molecule has 0 rings (SSSR count). The molecule has 0 saturated carbocycles. The second-order valence-corrected chi connectivity index (χ2v) is 2.06. The third-order valence-corrected chi connectivity index (χ3v) is 1.13. The second-order valence-electron chi connectivity index (χ2n) is 2.06. The summed E-state index contributed by atoms with van der Waals surface area (Å²) in [5.74, 6) is -0.623. The Balaban J connectivity index is 3.73. The lowest BCUT2D eigenvalue weighted by molar-refractivity contribution is -0.130. The van der Waals surface area contributed by atoms with Crippen molar-refractivity contribution in [3.05, 3.63) is 0 Å². The van der Waals surface area contributed by atoms with Crippen LogP contribution in [0.1, 0.15) is 13.8 Å². The van der Waals surface area contributed by atoms with Crippen LogP contribution in [0.2, 0.25) is 0 Å². The molecule has 0 spiro atoms. The molecule has 0 aromatic heterocycles. The van der Waals surface area contributed by atoms with Crippen LogP contribution in [0.25, 0.3) is 0 Å². The molecule has 0 bridgehead atoms. The largest absolute Gasteiger partial charge is 0.309 e. The third kappa shape index (κ3) is 3.19. The maximum Gasteiger partial charge on any atom is 0.243 e. The molecule has 0 aliphatic heterocycles. The molecular formula is C6H12N2O2. The minimum absolute atomic E-state index is 0.296. The van der Waals surface area contributed by atoms with E-state index in [0.29, 0.717) is 0 Å². The first-order chi connectivity index (χ1) is 4.57. The minimum Gasteiger partial charge on any atom is -0.309 e. The Morgan fingerprint density at radius 2 is 1.90 bits per heavy atom. The number of hydrogen-bond acceptors (Lipinski definition) is 3. The van der Waals surface area contributed by atoms with E-state index in [1.807, 2.05) is 0 Å². The normalized spacial score (nSPS) is 12.3. The van der Waals surface area contributed by atoms with Crippen molar-refractivity contribution in [3.8, 4) is 0 Å². The summed E-state index contributed by atoms with van der Waals surface area (Å²) in [5.41, 5.74) is 0. The van der Waals surface area contributed by atoms with Gasteiger partial charge < -0.3 is 5.32 Å². The quantitative estimate of drug-likeness (QED) is 0.536. The van der Waals surface area contributed by atoms with Crippen LogP contribution in [0, 0.1) is 0 Å². The van der Waals surface area contributed by atoms with Crippen molar-refractivity contribution in [3.63, 3.8) is 0 Å². The van der Waals surface area contributed by atoms with Crippen LogP contribution in [0.3, 0.4) is 0 Å². The number of amides is 2. The molecule has 4 heteroatoms. The molecule has 2 N–H and O–H groups in total. The second kappa shape index (κ2) is 4.00. The van der Waals surface area contributed by atoms with Gasteiger partial charge in [-0.2, -0.15) is 0 Å². The Hall–Kier alpha value is -0.900. The van der Waals surface area contributed by atoms with E-state index >= 15 is 0 Å². The maximum atomic E-state index is 10.8. The predicted octanol–water partition coefficient (Wildman–Crippen LogP) is -0.743. The highest BCUT2D eigenvalue weighted by molar-refractivity contribution is 5.96. The molecule has 0 aromatic carbocycles. The van der Waals surface area contributed by atoms with Crippen molar-refractivity contribution in [2.75, 3.05) is 7.05 Å². The van der Waals surface area contributed by atoms with Crippen LogP contribution >= 0.6 is 0 Å². The summed E-state index contributed by atoms with van der Waals surface area (Å²) in [7, 11) is 1.66. The molecule has 0 aliphatic rings. The van der Waals surface area contributed by atoms with Crippen LogP contribution in [0.4, 0.5) is 0 Å². The van der Waals surface area contributed by atoms with Gasteiger partial charge in [0.1, 0.15) is 0 Å². The first-order valence-corrected chi connectivity index (χ1v) is 3.06. The molecule has 0 aliphatic carbocycles. The number of likely N-dealkylation sites (N-methyl/N-ethyl adjacent to an activating group) is 1. The zero-order valence-electron chi connectivity index (χ0n) is 6.39. The van der Waals surface area contributed by atoms with Gasteiger partial charge in [0.05, 0.1) is 6.04 Å². The van der Waals surface area contributed by atoms with Gasteiger partial charge in [0, 0.05) is 6.92 Å². The zero-order valence-corrected chi connectivity index (χ0v) is 6.39. The predicted molar refractivity (Wildman–Crippen MR) is 37.3 cm³/mol. The molecule has 4 nitrogen and oxygen atoms in total. The number of rotatable bonds is 2. The van der Waals surface area contributed by atoms with Crippen LogP contribution < -0.4 is 10.6 Å². The van der Waals surface area contributed by atoms with Crippen LogP contribution in [-0.2, 0) is 9.59 Å². The highest BCUT2D eigenvalue weighted by atomic mass is 16.2. The molecule has 58 valence electrons. The first-order valence-electron chi connectivity index (χ1n) is 3.06. The number of nitrogens with one attached hydrogen (secondary N) is 2. The molecule has 0 fully saturated rings. The number of imide groups is 1. The number of carbonyl (C=O) groups excluding carboxylic acids is 2. The molecule has 1 unspecified atom stereocenters. The Morgan fingerprint density at radius 3 is 2.20 bits per heavy atom. The summed E-state index contributed by atoms with van der Waals surface area (Å²) in [6, 6.07) is -0.316. The average molecular weight is 144 g/mol. The summed E-state index contributed by atoms with van der Waals surface area (Å²) < 4.78 is 0. The van der Waals surface area contributed by atoms with E-state index in [9.17, 15) is 9.59 Å². The van der Waals surface area contributed by atoms with Gasteiger partial charge in [-0.3, -0.25) is 14.9 Å². The fourth-order valence-corrected chi connectivity index (χ4v) is 0.413. The van der Waals surface area contributed by atoms with Crippen LogP contribution in [0.15, 0.2) is 0 Å². The fourth-order valence-electron chi connectivity index (χ4n) is 0.413. The number of carbonyl (C=O) groups is 2. The van der Waals surface area contributed by atoms with E-state index in [-0.39, 0.29) is 17.9 Å². The summed E-state index contributed by atoms with van der Waals surface area (Å²) >= 11 is 0. The van der Waals surface area contributed by atoms with Crippen molar-refractivity contribution in [2.45, 2.75) is 19.9 Å². The number of hydrogen-bond donors (Lipinski definition) is 2. The van der Waals surface area contributed by atoms with E-state index in [1.165, 1.54) is 6.92 Å². The van der Waals surface area contributed by atoms with E-state index in [0.717, 1.165) is 0 Å². The van der Waals surface area contributed by atoms with Gasteiger partial charge in [0.25, 0.3) is 0 Å². The van der Waals surface area contributed by atoms with E-state index in [4.69, 9.17) is 0 Å². The topological polar surface area (TPSA) is 58.2 Å². The summed E-state index contributed by atoms with van der Waals surface area (Å²) in [6.07, 6.45) is 0. The lowest BCUT2D eigenvalue weighted by atomic mass is 10.3. The van der Waals surface area contributed by atoms with Gasteiger partial charge in [0.15, 0.2) is 0 Å². The van der Waals surface area contributed by atoms with Gasteiger partial charge in [0.2, 0.25) is 11.8 Å². The molecule has 0 heterocycles. The van der Waals surface area contributed by atoms with Crippen LogP contribution in [-0.4, -0.2) is 24.9 Å². The van der Waals surface area contributed by atoms with Crippen molar-refractivity contribution in [1.29, 1.82) is 0 Å². The van der Waals surface area contributed by atoms with Gasteiger partial charge >= 0.3 is 0 Å². The SMILES string of the molecule is CNC(C)C(=O)NC(C)=O. The Kier molecular flexibility index (Phi) is 3.64. The van der Waals surface area contributed by atoms with Crippen molar-refractivity contribution >= 4 is 11.8 Å². The summed E-state index contributed by atoms with van der Waals surface area (Å²) in [6.45, 7) is 2.98. The molecule has 0 saturated heterocycles. The Morgan fingerprint density at radius 1 is 1.40 bits per heavy atom. The van der Waals surface area contributed by atoms with E-state index < -0.39 is 0 Å². The average Bonchev–Trinajstić information content (AvgIpc) is 1.85. The van der Waals surface area contributed by atoms with E-state index in [2.05, 4.69) is 10.6 Å². The fraction of sp³-hybridized carbons (Fsp3) is 0.667. The van der Waals surface area contributed by atoms with Crippen LogP contribution in [0.5, 0.6) is 0 Å². The summed E-state index contributed by atoms with van der Waals surface area (Å²) in [4.78, 5) is 21.1. The van der Waals surface area contributed by atoms with E-state index in [1.54, 1.807) is 14.0 Å². The molecule has 0 aromatic rings. The maximum absolute atomic E-state index is 10.8. The minimum atomic E-state index is -0.327. The van der Waals surface area contributed by atoms with Crippen molar-refractivity contribution in [2.24, 2.45) is 0 Å². The smallest absolute Gasteiger partial charge is 0.243 e. The molecule has 10 heavy (non-hydrogen) atoms. The molecule has 0 radical (unpaired) electrons. The third-order valence-electron chi connectivity index (χ3n) is 1.13. The standard InChI is InChI=1S/C6H12N2O2/c1-4(7-3)6(10)8-5(2)9/h4,7H,1-3H3,(H,8,9,10). The lowest BCUT2D eigenvalue weighted by Gasteiger charge is -2.07. The Bertz CT molecular complexity index is 145. The van der Waals surface area contributed by atoms with Gasteiger partial charge in [-0.1, -0.05) is 0 Å². The van der Waals surface area contributed by atoms with Gasteiger partial charge in [-0.15, -0.1) is 0 Å². The monoisotopic (exact) mass is 144 g/mol. The first kappa shape index (κ1) is 9.10. The summed E-state index contributed by atoms with van der Waals surface area (Å²) in [5, 5.41) is 4.86. The molecular weight excluding hydrogens is 132 g/mol. The van der Waals surface area contributed by atoms with Crippen molar-refractivity contribution in [1.82, 2.24) is 10.6 Å². The Labute approximate surface area is 60.0 Å². The van der Waals surface area contributed by atoms with Gasteiger partial charge in [-0.25, -0.2) is 0 Å². The molecule has 1 atom stereocenters. The highest BCUT2D eigenvalue weighted by Gasteiger charge is 2.09.